The van der Waals surface area contributed by atoms with E-state index in [0.717, 1.165) is 0 Å². The summed E-state index contributed by atoms with van der Waals surface area (Å²) in [5.41, 5.74) is 4.02. The van der Waals surface area contributed by atoms with Crippen molar-refractivity contribution in [3.63, 3.8) is 0 Å². The normalized spacial score (nSPS) is 12.7. The summed E-state index contributed by atoms with van der Waals surface area (Å²) in [5.74, 6) is 0. The van der Waals surface area contributed by atoms with E-state index in [0.29, 0.717) is 6.04 Å². The van der Waals surface area contributed by atoms with Crippen LogP contribution in [0.5, 0.6) is 0 Å². The van der Waals surface area contributed by atoms with Crippen LogP contribution in [0.3, 0.4) is 0 Å². The first-order valence-corrected chi connectivity index (χ1v) is 6.38. The van der Waals surface area contributed by atoms with E-state index in [1.807, 2.05) is 7.05 Å². The van der Waals surface area contributed by atoms with E-state index >= 15 is 0 Å². The summed E-state index contributed by atoms with van der Waals surface area (Å²) in [6.07, 6.45) is 0. The molecule has 0 aliphatic carbocycles. The van der Waals surface area contributed by atoms with E-state index in [-0.39, 0.29) is 0 Å². The van der Waals surface area contributed by atoms with Crippen LogP contribution in [-0.4, -0.2) is 7.05 Å². The second-order valence-electron chi connectivity index (χ2n) is 4.06. The van der Waals surface area contributed by atoms with Gasteiger partial charge in [-0.3, -0.25) is 0 Å². The topological polar surface area (TPSA) is 12.0 Å². The van der Waals surface area contributed by atoms with Gasteiger partial charge in [0, 0.05) is 4.88 Å². The van der Waals surface area contributed by atoms with Crippen LogP contribution in [0.4, 0.5) is 0 Å². The maximum absolute atomic E-state index is 3.39. The van der Waals surface area contributed by atoms with Gasteiger partial charge in [-0.2, -0.15) is 0 Å². The van der Waals surface area contributed by atoms with Crippen molar-refractivity contribution in [3.05, 3.63) is 57.3 Å². The highest BCUT2D eigenvalue weighted by Crippen LogP contribution is 2.27. The number of thiophene rings is 1. The number of hydrogen-bond donors (Lipinski definition) is 1. The molecule has 1 heterocycles. The molecular weight excluding hydrogens is 214 g/mol. The van der Waals surface area contributed by atoms with E-state index in [9.17, 15) is 0 Å². The maximum atomic E-state index is 3.39. The molecule has 0 aliphatic rings. The summed E-state index contributed by atoms with van der Waals surface area (Å²) in [6.45, 7) is 4.30. The fourth-order valence-electron chi connectivity index (χ4n) is 1.95. The number of rotatable bonds is 3. The summed E-state index contributed by atoms with van der Waals surface area (Å²) >= 11 is 1.81. The van der Waals surface area contributed by atoms with E-state index in [1.165, 1.54) is 21.6 Å². The molecule has 0 fully saturated rings. The van der Waals surface area contributed by atoms with Crippen molar-refractivity contribution in [2.75, 3.05) is 7.05 Å². The molecule has 16 heavy (non-hydrogen) atoms. The van der Waals surface area contributed by atoms with Gasteiger partial charge in [0.05, 0.1) is 6.04 Å². The second kappa shape index (κ2) is 4.81. The van der Waals surface area contributed by atoms with Gasteiger partial charge in [0.1, 0.15) is 0 Å². The molecule has 2 heteroatoms. The maximum Gasteiger partial charge on any atom is 0.0585 e. The summed E-state index contributed by atoms with van der Waals surface area (Å²) in [5, 5.41) is 5.54. The Kier molecular flexibility index (Phi) is 3.42. The quantitative estimate of drug-likeness (QED) is 0.850. The Balaban J connectivity index is 2.37. The van der Waals surface area contributed by atoms with Crippen molar-refractivity contribution in [3.8, 4) is 0 Å². The Bertz CT molecular complexity index is 456. The molecule has 0 spiro atoms. The molecule has 2 aromatic rings. The van der Waals surface area contributed by atoms with Crippen LogP contribution < -0.4 is 5.32 Å². The van der Waals surface area contributed by atoms with Crippen molar-refractivity contribution < 1.29 is 0 Å². The zero-order valence-electron chi connectivity index (χ0n) is 9.95. The zero-order chi connectivity index (χ0) is 11.5. The van der Waals surface area contributed by atoms with Crippen LogP contribution in [0.15, 0.2) is 35.7 Å². The Morgan fingerprint density at radius 3 is 2.25 bits per heavy atom. The van der Waals surface area contributed by atoms with Gasteiger partial charge in [0.25, 0.3) is 0 Å². The van der Waals surface area contributed by atoms with Crippen LogP contribution in [0.1, 0.15) is 27.6 Å². The Labute approximate surface area is 101 Å². The van der Waals surface area contributed by atoms with Gasteiger partial charge < -0.3 is 5.32 Å². The molecule has 84 valence electrons. The predicted octanol–water partition coefficient (Wildman–Crippen LogP) is 3.67. The van der Waals surface area contributed by atoms with Gasteiger partial charge in [-0.15, -0.1) is 11.3 Å². The van der Waals surface area contributed by atoms with Crippen LogP contribution in [-0.2, 0) is 0 Å². The minimum atomic E-state index is 0.312. The summed E-state index contributed by atoms with van der Waals surface area (Å²) in [4.78, 5) is 1.39. The summed E-state index contributed by atoms with van der Waals surface area (Å²) in [7, 11) is 2.02. The first-order chi connectivity index (χ1) is 7.72. The van der Waals surface area contributed by atoms with Gasteiger partial charge in [-0.1, -0.05) is 29.8 Å². The van der Waals surface area contributed by atoms with Crippen molar-refractivity contribution >= 4 is 11.3 Å². The minimum Gasteiger partial charge on any atom is -0.309 e. The number of nitrogens with one attached hydrogen (secondary N) is 1. The van der Waals surface area contributed by atoms with E-state index in [4.69, 9.17) is 0 Å². The predicted molar refractivity (Wildman–Crippen MR) is 71.1 cm³/mol. The van der Waals surface area contributed by atoms with Crippen LogP contribution in [0.2, 0.25) is 0 Å². The average molecular weight is 231 g/mol. The summed E-state index contributed by atoms with van der Waals surface area (Å²) < 4.78 is 0. The highest BCUT2D eigenvalue weighted by molar-refractivity contribution is 7.10. The molecular formula is C14H17NS. The van der Waals surface area contributed by atoms with Crippen molar-refractivity contribution in [2.45, 2.75) is 19.9 Å². The molecule has 1 aromatic carbocycles. The van der Waals surface area contributed by atoms with Gasteiger partial charge in [-0.05, 0) is 43.5 Å². The number of benzene rings is 1. The molecule has 0 aliphatic heterocycles. The SMILES string of the molecule is CNC(c1ccc(C)cc1)c1ccsc1C. The largest absolute Gasteiger partial charge is 0.309 e. The number of aryl methyl sites for hydroxylation is 2. The summed E-state index contributed by atoms with van der Waals surface area (Å²) in [6, 6.07) is 11.3. The lowest BCUT2D eigenvalue weighted by atomic mass is 9.99. The third-order valence-corrected chi connectivity index (χ3v) is 3.77. The average Bonchev–Trinajstić information content (AvgIpc) is 2.69. The van der Waals surface area contributed by atoms with Gasteiger partial charge in [0.2, 0.25) is 0 Å². The van der Waals surface area contributed by atoms with Crippen LogP contribution in [0.25, 0.3) is 0 Å². The monoisotopic (exact) mass is 231 g/mol. The van der Waals surface area contributed by atoms with Gasteiger partial charge in [0.15, 0.2) is 0 Å². The van der Waals surface area contributed by atoms with Crippen molar-refractivity contribution in [1.29, 1.82) is 0 Å². The van der Waals surface area contributed by atoms with Crippen molar-refractivity contribution in [1.82, 2.24) is 5.32 Å². The highest BCUT2D eigenvalue weighted by atomic mass is 32.1. The Morgan fingerprint density at radius 1 is 1.06 bits per heavy atom. The van der Waals surface area contributed by atoms with E-state index in [2.05, 4.69) is 54.9 Å². The Hall–Kier alpha value is -1.12. The molecule has 0 amide bonds. The minimum absolute atomic E-state index is 0.312. The zero-order valence-corrected chi connectivity index (χ0v) is 10.8. The molecule has 1 nitrogen and oxygen atoms in total. The molecule has 1 aromatic heterocycles. The van der Waals surface area contributed by atoms with Crippen LogP contribution >= 0.6 is 11.3 Å². The molecule has 1 N–H and O–H groups in total. The number of hydrogen-bond acceptors (Lipinski definition) is 2. The first kappa shape index (κ1) is 11.4. The van der Waals surface area contributed by atoms with Gasteiger partial charge in [-0.25, -0.2) is 0 Å². The highest BCUT2D eigenvalue weighted by Gasteiger charge is 2.14. The fourth-order valence-corrected chi connectivity index (χ4v) is 2.70. The molecule has 2 rings (SSSR count). The third-order valence-electron chi connectivity index (χ3n) is 2.91. The lowest BCUT2D eigenvalue weighted by Crippen LogP contribution is -2.17. The second-order valence-corrected chi connectivity index (χ2v) is 5.18. The molecule has 0 bridgehead atoms. The lowest BCUT2D eigenvalue weighted by molar-refractivity contribution is 0.691. The molecule has 0 radical (unpaired) electrons. The Morgan fingerprint density at radius 2 is 1.75 bits per heavy atom. The third kappa shape index (κ3) is 2.18. The van der Waals surface area contributed by atoms with E-state index < -0.39 is 0 Å². The smallest absolute Gasteiger partial charge is 0.0585 e. The van der Waals surface area contributed by atoms with E-state index in [1.54, 1.807) is 11.3 Å². The van der Waals surface area contributed by atoms with Crippen molar-refractivity contribution in [2.24, 2.45) is 0 Å². The fraction of sp³-hybridized carbons (Fsp3) is 0.286. The first-order valence-electron chi connectivity index (χ1n) is 5.50. The molecule has 0 saturated heterocycles. The molecule has 1 atom stereocenters. The van der Waals surface area contributed by atoms with Crippen LogP contribution in [0, 0.1) is 13.8 Å². The standard InChI is InChI=1S/C14H17NS/c1-10-4-6-12(7-5-10)14(15-3)13-8-9-16-11(13)2/h4-9,14-15H,1-3H3. The lowest BCUT2D eigenvalue weighted by Gasteiger charge is -2.17. The van der Waals surface area contributed by atoms with Gasteiger partial charge >= 0.3 is 0 Å². The molecule has 0 saturated carbocycles. The molecule has 1 unspecified atom stereocenters.